The molecule has 0 unspecified atom stereocenters. The maximum atomic E-state index is 11.3. The Labute approximate surface area is 81.6 Å². The summed E-state index contributed by atoms with van der Waals surface area (Å²) in [5.41, 5.74) is 0. The molecule has 0 aromatic rings. The van der Waals surface area contributed by atoms with Gasteiger partial charge in [-0.15, -0.1) is 0 Å². The van der Waals surface area contributed by atoms with Gasteiger partial charge < -0.3 is 10.2 Å². The normalized spacial score (nSPS) is 16.5. The van der Waals surface area contributed by atoms with Crippen LogP contribution in [-0.4, -0.2) is 42.4 Å². The van der Waals surface area contributed by atoms with Gasteiger partial charge in [0.15, 0.2) is 0 Å². The molecule has 2 N–H and O–H groups in total. The van der Waals surface area contributed by atoms with Gasteiger partial charge in [0.1, 0.15) is 13.1 Å². The predicted octanol–water partition coefficient (Wildman–Crippen LogP) is -0.936. The molecule has 1 aliphatic heterocycles. The van der Waals surface area contributed by atoms with E-state index >= 15 is 0 Å². The van der Waals surface area contributed by atoms with E-state index in [9.17, 15) is 14.4 Å². The number of hydrogen-bond acceptors (Lipinski definition) is 3. The minimum atomic E-state index is -0.437. The molecule has 1 rings (SSSR count). The van der Waals surface area contributed by atoms with E-state index in [-0.39, 0.29) is 19.1 Å². The lowest BCUT2D eigenvalue weighted by Crippen LogP contribution is -2.55. The second-order valence-corrected chi connectivity index (χ2v) is 3.06. The Hall–Kier alpha value is -1.59. The Bertz CT molecular complexity index is 249. The third-order valence-electron chi connectivity index (χ3n) is 1.76. The maximum Gasteiger partial charge on any atom is 0.318 e. The Morgan fingerprint density at radius 3 is 2.50 bits per heavy atom. The second-order valence-electron chi connectivity index (χ2n) is 3.06. The van der Waals surface area contributed by atoms with Crippen molar-refractivity contribution in [1.82, 2.24) is 15.5 Å². The number of piperazine rings is 1. The third-order valence-corrected chi connectivity index (χ3v) is 1.76. The first-order valence-corrected chi connectivity index (χ1v) is 4.49. The van der Waals surface area contributed by atoms with Gasteiger partial charge in [0, 0.05) is 6.54 Å². The number of carbonyl (C=O) groups is 3. The summed E-state index contributed by atoms with van der Waals surface area (Å²) in [7, 11) is 0. The lowest BCUT2D eigenvalue weighted by atomic mass is 10.3. The van der Waals surface area contributed by atoms with Gasteiger partial charge in [-0.3, -0.25) is 14.9 Å². The molecule has 0 radical (unpaired) electrons. The first kappa shape index (κ1) is 10.5. The number of nitrogens with one attached hydrogen (secondary N) is 2. The molecule has 78 valence electrons. The summed E-state index contributed by atoms with van der Waals surface area (Å²) >= 11 is 0. The van der Waals surface area contributed by atoms with Crippen molar-refractivity contribution < 1.29 is 14.4 Å². The first-order valence-electron chi connectivity index (χ1n) is 4.49. The lowest BCUT2D eigenvalue weighted by molar-refractivity contribution is -0.134. The SMILES string of the molecule is CCCNC(=O)N1CC(=O)NC(=O)C1. The monoisotopic (exact) mass is 199 g/mol. The van der Waals surface area contributed by atoms with Crippen LogP contribution >= 0.6 is 0 Å². The van der Waals surface area contributed by atoms with Crippen molar-refractivity contribution in [2.24, 2.45) is 0 Å². The van der Waals surface area contributed by atoms with Crippen molar-refractivity contribution >= 4 is 17.8 Å². The molecule has 1 saturated heterocycles. The Morgan fingerprint density at radius 2 is 2.00 bits per heavy atom. The summed E-state index contributed by atoms with van der Waals surface area (Å²) in [5, 5.41) is 4.72. The second kappa shape index (κ2) is 4.59. The molecule has 14 heavy (non-hydrogen) atoms. The van der Waals surface area contributed by atoms with Crippen LogP contribution < -0.4 is 10.6 Å². The van der Waals surface area contributed by atoms with E-state index < -0.39 is 11.8 Å². The molecule has 0 aromatic heterocycles. The van der Waals surface area contributed by atoms with E-state index in [1.54, 1.807) is 0 Å². The number of carbonyl (C=O) groups excluding carboxylic acids is 3. The quantitative estimate of drug-likeness (QED) is 0.564. The van der Waals surface area contributed by atoms with Gasteiger partial charge in [0.05, 0.1) is 0 Å². The van der Waals surface area contributed by atoms with Crippen LogP contribution in [0.3, 0.4) is 0 Å². The average Bonchev–Trinajstić information content (AvgIpc) is 2.12. The minimum absolute atomic E-state index is 0.0543. The first-order chi connectivity index (χ1) is 6.63. The summed E-state index contributed by atoms with van der Waals surface area (Å²) in [6.45, 7) is 2.36. The molecule has 6 nitrogen and oxygen atoms in total. The molecule has 6 heteroatoms. The number of imide groups is 1. The highest BCUT2D eigenvalue weighted by Crippen LogP contribution is 1.95. The molecule has 0 saturated carbocycles. The summed E-state index contributed by atoms with van der Waals surface area (Å²) < 4.78 is 0. The molecule has 4 amide bonds. The zero-order valence-corrected chi connectivity index (χ0v) is 8.00. The fourth-order valence-corrected chi connectivity index (χ4v) is 1.12. The molecule has 1 aliphatic rings. The van der Waals surface area contributed by atoms with Crippen molar-refractivity contribution in [3.05, 3.63) is 0 Å². The van der Waals surface area contributed by atoms with Crippen LogP contribution in [0.1, 0.15) is 13.3 Å². The van der Waals surface area contributed by atoms with Crippen molar-refractivity contribution in [1.29, 1.82) is 0 Å². The van der Waals surface area contributed by atoms with Crippen LogP contribution in [-0.2, 0) is 9.59 Å². The zero-order chi connectivity index (χ0) is 10.6. The number of hydrogen-bond donors (Lipinski definition) is 2. The highest BCUT2D eigenvalue weighted by molar-refractivity contribution is 6.02. The van der Waals surface area contributed by atoms with Crippen molar-refractivity contribution in [3.63, 3.8) is 0 Å². The molecule has 0 atom stereocenters. The zero-order valence-electron chi connectivity index (χ0n) is 8.00. The number of nitrogens with zero attached hydrogens (tertiary/aromatic N) is 1. The summed E-state index contributed by atoms with van der Waals surface area (Å²) in [5.74, 6) is -0.874. The fourth-order valence-electron chi connectivity index (χ4n) is 1.12. The Balaban J connectivity index is 2.46. The van der Waals surface area contributed by atoms with E-state index in [1.165, 1.54) is 4.90 Å². The number of amides is 4. The molecular formula is C8H13N3O3. The molecule has 0 spiro atoms. The van der Waals surface area contributed by atoms with E-state index in [1.807, 2.05) is 6.92 Å². The largest absolute Gasteiger partial charge is 0.338 e. The van der Waals surface area contributed by atoms with Crippen LogP contribution in [0.5, 0.6) is 0 Å². The molecule has 1 fully saturated rings. The minimum Gasteiger partial charge on any atom is -0.338 e. The van der Waals surface area contributed by atoms with Gasteiger partial charge >= 0.3 is 6.03 Å². The van der Waals surface area contributed by atoms with Crippen LogP contribution in [0.4, 0.5) is 4.79 Å². The van der Waals surface area contributed by atoms with Gasteiger partial charge in [-0.05, 0) is 6.42 Å². The third kappa shape index (κ3) is 2.72. The Kier molecular flexibility index (Phi) is 3.44. The fraction of sp³-hybridized carbons (Fsp3) is 0.625. The summed E-state index contributed by atoms with van der Waals surface area (Å²) in [4.78, 5) is 34.3. The van der Waals surface area contributed by atoms with E-state index in [4.69, 9.17) is 0 Å². The highest BCUT2D eigenvalue weighted by atomic mass is 16.2. The summed E-state index contributed by atoms with van der Waals surface area (Å²) in [6.07, 6.45) is 0.819. The molecule has 0 aromatic carbocycles. The smallest absolute Gasteiger partial charge is 0.318 e. The molecule has 0 aliphatic carbocycles. The topological polar surface area (TPSA) is 78.5 Å². The Morgan fingerprint density at radius 1 is 1.43 bits per heavy atom. The van der Waals surface area contributed by atoms with Gasteiger partial charge in [0.25, 0.3) is 0 Å². The standard InChI is InChI=1S/C8H13N3O3/c1-2-3-9-8(14)11-4-6(12)10-7(13)5-11/h2-5H2,1H3,(H,9,14)(H,10,12,13). The summed E-state index contributed by atoms with van der Waals surface area (Å²) in [6, 6.07) is -0.366. The lowest BCUT2D eigenvalue weighted by Gasteiger charge is -2.25. The maximum absolute atomic E-state index is 11.3. The average molecular weight is 199 g/mol. The van der Waals surface area contributed by atoms with Gasteiger partial charge in [-0.1, -0.05) is 6.92 Å². The van der Waals surface area contributed by atoms with Crippen molar-refractivity contribution in [2.45, 2.75) is 13.3 Å². The number of rotatable bonds is 2. The van der Waals surface area contributed by atoms with Crippen molar-refractivity contribution in [2.75, 3.05) is 19.6 Å². The van der Waals surface area contributed by atoms with E-state index in [0.717, 1.165) is 6.42 Å². The van der Waals surface area contributed by atoms with E-state index in [0.29, 0.717) is 6.54 Å². The predicted molar refractivity (Wildman–Crippen MR) is 48.4 cm³/mol. The van der Waals surface area contributed by atoms with Gasteiger partial charge in [-0.2, -0.15) is 0 Å². The van der Waals surface area contributed by atoms with Gasteiger partial charge in [-0.25, -0.2) is 4.79 Å². The molecular weight excluding hydrogens is 186 g/mol. The van der Waals surface area contributed by atoms with E-state index in [2.05, 4.69) is 10.6 Å². The van der Waals surface area contributed by atoms with Crippen LogP contribution in [0.2, 0.25) is 0 Å². The van der Waals surface area contributed by atoms with Crippen LogP contribution in [0.15, 0.2) is 0 Å². The van der Waals surface area contributed by atoms with Crippen LogP contribution in [0.25, 0.3) is 0 Å². The highest BCUT2D eigenvalue weighted by Gasteiger charge is 2.25. The molecule has 0 bridgehead atoms. The molecule has 1 heterocycles. The van der Waals surface area contributed by atoms with Gasteiger partial charge in [0.2, 0.25) is 11.8 Å². The number of urea groups is 1. The van der Waals surface area contributed by atoms with Crippen molar-refractivity contribution in [3.8, 4) is 0 Å². The van der Waals surface area contributed by atoms with Crippen LogP contribution in [0, 0.1) is 0 Å².